The Bertz CT molecular complexity index is 1190. The second kappa shape index (κ2) is 9.62. The maximum absolute atomic E-state index is 11.1. The molecule has 0 amide bonds. The van der Waals surface area contributed by atoms with Crippen molar-refractivity contribution in [1.82, 2.24) is 4.90 Å². The van der Waals surface area contributed by atoms with Gasteiger partial charge in [-0.05, 0) is 18.2 Å². The van der Waals surface area contributed by atoms with Crippen molar-refractivity contribution in [2.45, 2.75) is 6.54 Å². The minimum absolute atomic E-state index is 0.0849. The lowest BCUT2D eigenvalue weighted by molar-refractivity contribution is -0.384. The molecule has 0 radical (unpaired) electrons. The summed E-state index contributed by atoms with van der Waals surface area (Å²) < 4.78 is 0. The van der Waals surface area contributed by atoms with E-state index < -0.39 is 30.0 Å². The Hall–Kier alpha value is -4.38. The molecule has 0 aliphatic rings. The number of nitro groups is 1. The first-order valence-electron chi connectivity index (χ1n) is 9.30. The standard InChI is InChI=1S/C21H18N4O7/c26-19(27)11-24(12-20(28)29)10-13-9-18(16-3-1-2-4-17(16)21(13)30)23-22-14-5-7-15(8-6-14)25(31)32/h1-9,30H,10-12H2,(H,26,27)(H,28,29). The van der Waals surface area contributed by atoms with Crippen molar-refractivity contribution in [1.29, 1.82) is 0 Å². The highest BCUT2D eigenvalue weighted by atomic mass is 16.6. The molecule has 3 N–H and O–H groups in total. The quantitative estimate of drug-likeness (QED) is 0.257. The third kappa shape index (κ3) is 5.40. The number of fused-ring (bicyclic) bond motifs is 1. The monoisotopic (exact) mass is 438 g/mol. The van der Waals surface area contributed by atoms with E-state index in [1.807, 2.05) is 0 Å². The van der Waals surface area contributed by atoms with E-state index in [0.717, 1.165) is 4.90 Å². The van der Waals surface area contributed by atoms with Crippen molar-refractivity contribution >= 4 is 39.8 Å². The summed E-state index contributed by atoms with van der Waals surface area (Å²) in [7, 11) is 0. The summed E-state index contributed by atoms with van der Waals surface area (Å²) in [5.74, 6) is -2.52. The lowest BCUT2D eigenvalue weighted by Gasteiger charge is -2.19. The van der Waals surface area contributed by atoms with Crippen LogP contribution in [0.5, 0.6) is 5.75 Å². The van der Waals surface area contributed by atoms with Crippen LogP contribution in [0.3, 0.4) is 0 Å². The number of carboxylic acid groups (broad SMARTS) is 2. The number of rotatable bonds is 9. The van der Waals surface area contributed by atoms with Crippen LogP contribution >= 0.6 is 0 Å². The second-order valence-electron chi connectivity index (χ2n) is 6.86. The molecule has 3 rings (SSSR count). The summed E-state index contributed by atoms with van der Waals surface area (Å²) in [6.45, 7) is -1.20. The van der Waals surface area contributed by atoms with E-state index in [-0.39, 0.29) is 23.5 Å². The summed E-state index contributed by atoms with van der Waals surface area (Å²) in [6, 6.07) is 13.8. The number of phenols is 1. The Labute approximate surface area is 181 Å². The number of azo groups is 1. The van der Waals surface area contributed by atoms with Gasteiger partial charge in [-0.2, -0.15) is 5.11 Å². The van der Waals surface area contributed by atoms with Crippen molar-refractivity contribution in [3.05, 3.63) is 70.3 Å². The molecule has 0 aromatic heterocycles. The van der Waals surface area contributed by atoms with Crippen molar-refractivity contribution in [2.75, 3.05) is 13.1 Å². The van der Waals surface area contributed by atoms with E-state index in [1.54, 1.807) is 24.3 Å². The molecule has 0 unspecified atom stereocenters. The molecule has 0 aliphatic carbocycles. The fourth-order valence-corrected chi connectivity index (χ4v) is 3.14. The molecule has 0 heterocycles. The van der Waals surface area contributed by atoms with Crippen LogP contribution in [0, 0.1) is 10.1 Å². The summed E-state index contributed by atoms with van der Waals surface area (Å²) in [6.07, 6.45) is 0. The van der Waals surface area contributed by atoms with Crippen molar-refractivity contribution < 1.29 is 29.8 Å². The number of non-ortho nitro benzene ring substituents is 1. The van der Waals surface area contributed by atoms with E-state index in [0.29, 0.717) is 22.1 Å². The zero-order chi connectivity index (χ0) is 23.3. The highest BCUT2D eigenvalue weighted by Gasteiger charge is 2.18. The second-order valence-corrected chi connectivity index (χ2v) is 6.86. The topological polar surface area (TPSA) is 166 Å². The van der Waals surface area contributed by atoms with Gasteiger partial charge in [-0.25, -0.2) is 0 Å². The number of nitrogens with zero attached hydrogens (tertiary/aromatic N) is 4. The van der Waals surface area contributed by atoms with Gasteiger partial charge in [0.25, 0.3) is 5.69 Å². The van der Waals surface area contributed by atoms with Gasteiger partial charge in [0, 0.05) is 35.0 Å². The average molecular weight is 438 g/mol. The fraction of sp³-hybridized carbons (Fsp3) is 0.143. The van der Waals surface area contributed by atoms with Crippen LogP contribution in [0.1, 0.15) is 5.56 Å². The number of benzene rings is 3. The predicted octanol–water partition coefficient (Wildman–Crippen LogP) is 3.84. The molecule has 0 saturated carbocycles. The first kappa shape index (κ1) is 22.3. The van der Waals surface area contributed by atoms with Gasteiger partial charge < -0.3 is 15.3 Å². The molecular formula is C21H18N4O7. The van der Waals surface area contributed by atoms with Crippen LogP contribution in [0.4, 0.5) is 17.1 Å². The number of aliphatic carboxylic acids is 2. The first-order valence-corrected chi connectivity index (χ1v) is 9.30. The van der Waals surface area contributed by atoms with Crippen LogP contribution in [-0.2, 0) is 16.1 Å². The van der Waals surface area contributed by atoms with Crippen LogP contribution in [0.25, 0.3) is 10.8 Å². The molecular weight excluding hydrogens is 420 g/mol. The number of carboxylic acids is 2. The van der Waals surface area contributed by atoms with Crippen molar-refractivity contribution in [3.63, 3.8) is 0 Å². The van der Waals surface area contributed by atoms with Crippen LogP contribution < -0.4 is 0 Å². The first-order chi connectivity index (χ1) is 15.2. The maximum Gasteiger partial charge on any atom is 0.317 e. The number of phenolic OH excluding ortho intramolecular Hbond substituents is 1. The third-order valence-electron chi connectivity index (χ3n) is 4.52. The van der Waals surface area contributed by atoms with Gasteiger partial charge in [0.1, 0.15) is 5.75 Å². The molecule has 32 heavy (non-hydrogen) atoms. The predicted molar refractivity (Wildman–Crippen MR) is 113 cm³/mol. The largest absolute Gasteiger partial charge is 0.507 e. The van der Waals surface area contributed by atoms with E-state index in [4.69, 9.17) is 10.2 Å². The average Bonchev–Trinajstić information content (AvgIpc) is 2.74. The van der Waals surface area contributed by atoms with E-state index in [2.05, 4.69) is 10.2 Å². The zero-order valence-electron chi connectivity index (χ0n) is 16.6. The lowest BCUT2D eigenvalue weighted by Crippen LogP contribution is -2.34. The molecule has 0 fully saturated rings. The minimum atomic E-state index is -1.20. The summed E-state index contributed by atoms with van der Waals surface area (Å²) in [5, 5.41) is 48.9. The molecule has 0 saturated heterocycles. The lowest BCUT2D eigenvalue weighted by atomic mass is 10.0. The number of aromatic hydroxyl groups is 1. The minimum Gasteiger partial charge on any atom is -0.507 e. The highest BCUT2D eigenvalue weighted by molar-refractivity contribution is 5.97. The van der Waals surface area contributed by atoms with Crippen LogP contribution in [-0.4, -0.2) is 50.2 Å². The Kier molecular flexibility index (Phi) is 6.71. The summed E-state index contributed by atoms with van der Waals surface area (Å²) in [4.78, 5) is 33.6. The number of hydrogen-bond donors (Lipinski definition) is 3. The smallest absolute Gasteiger partial charge is 0.317 e. The van der Waals surface area contributed by atoms with Gasteiger partial charge in [-0.15, -0.1) is 5.11 Å². The molecule has 3 aromatic carbocycles. The Morgan fingerprint density at radius 1 is 0.938 bits per heavy atom. The van der Waals surface area contributed by atoms with E-state index in [9.17, 15) is 24.8 Å². The van der Waals surface area contributed by atoms with Crippen LogP contribution in [0.15, 0.2) is 64.8 Å². The normalized spacial score (nSPS) is 11.3. The number of nitro benzene ring substituents is 1. The number of hydrogen-bond acceptors (Lipinski definition) is 8. The molecule has 0 atom stereocenters. The van der Waals surface area contributed by atoms with Gasteiger partial charge in [0.2, 0.25) is 0 Å². The summed E-state index contributed by atoms with van der Waals surface area (Å²) in [5.41, 5.74) is 0.923. The Morgan fingerprint density at radius 2 is 1.53 bits per heavy atom. The molecule has 164 valence electrons. The number of carbonyl (C=O) groups is 2. The van der Waals surface area contributed by atoms with Gasteiger partial charge >= 0.3 is 11.9 Å². The van der Waals surface area contributed by atoms with Gasteiger partial charge in [0.05, 0.1) is 29.4 Å². The van der Waals surface area contributed by atoms with Crippen molar-refractivity contribution in [2.24, 2.45) is 10.2 Å². The highest BCUT2D eigenvalue weighted by Crippen LogP contribution is 2.37. The molecule has 11 nitrogen and oxygen atoms in total. The van der Waals surface area contributed by atoms with Crippen molar-refractivity contribution in [3.8, 4) is 5.75 Å². The zero-order valence-corrected chi connectivity index (χ0v) is 16.6. The molecule has 0 aliphatic heterocycles. The van der Waals surface area contributed by atoms with Gasteiger partial charge in [-0.3, -0.25) is 24.6 Å². The van der Waals surface area contributed by atoms with Gasteiger partial charge in [0.15, 0.2) is 0 Å². The Balaban J connectivity index is 2.00. The summed E-state index contributed by atoms with van der Waals surface area (Å²) >= 11 is 0. The van der Waals surface area contributed by atoms with E-state index in [1.165, 1.54) is 30.3 Å². The third-order valence-corrected chi connectivity index (χ3v) is 4.52. The fourth-order valence-electron chi connectivity index (χ4n) is 3.14. The molecule has 3 aromatic rings. The maximum atomic E-state index is 11.1. The van der Waals surface area contributed by atoms with Crippen LogP contribution in [0.2, 0.25) is 0 Å². The van der Waals surface area contributed by atoms with E-state index >= 15 is 0 Å². The van der Waals surface area contributed by atoms with Gasteiger partial charge in [-0.1, -0.05) is 24.3 Å². The molecule has 0 spiro atoms. The Morgan fingerprint density at radius 3 is 2.09 bits per heavy atom. The molecule has 11 heteroatoms. The molecule has 0 bridgehead atoms. The SMILES string of the molecule is O=C(O)CN(CC(=O)O)Cc1cc(N=Nc2ccc([N+](=O)[O-])cc2)c2ccccc2c1O.